The van der Waals surface area contributed by atoms with Gasteiger partial charge in [0.25, 0.3) is 0 Å². The highest BCUT2D eigenvalue weighted by Gasteiger charge is 2.54. The van der Waals surface area contributed by atoms with E-state index in [2.05, 4.69) is 19.2 Å². The third-order valence-electron chi connectivity index (χ3n) is 5.12. The fourth-order valence-corrected chi connectivity index (χ4v) is 5.32. The van der Waals surface area contributed by atoms with Crippen LogP contribution in [0.1, 0.15) is 45.1 Å². The van der Waals surface area contributed by atoms with E-state index in [0.717, 1.165) is 24.8 Å². The molecule has 1 amide bonds. The van der Waals surface area contributed by atoms with E-state index < -0.39 is 11.6 Å². The molecule has 1 heterocycles. The van der Waals surface area contributed by atoms with Crippen molar-refractivity contribution in [2.45, 2.75) is 63.0 Å². The van der Waals surface area contributed by atoms with E-state index in [4.69, 9.17) is 4.74 Å². The number of rotatable bonds is 7. The molecule has 2 aliphatic rings. The number of thioether (sulfide) groups is 1. The summed E-state index contributed by atoms with van der Waals surface area (Å²) in [5, 5.41) is 3.35. The Morgan fingerprint density at radius 2 is 2.12 bits per heavy atom. The van der Waals surface area contributed by atoms with Gasteiger partial charge in [-0.15, -0.1) is 11.8 Å². The van der Waals surface area contributed by atoms with Crippen molar-refractivity contribution in [1.82, 2.24) is 5.32 Å². The molecule has 3 rings (SSSR count). The number of benzene rings is 1. The Hall–Kier alpha value is -1.33. The van der Waals surface area contributed by atoms with Crippen molar-refractivity contribution in [3.05, 3.63) is 35.9 Å². The number of fused-ring (bicyclic) bond motifs is 1. The number of nitrogens with one attached hydrogen (secondary N) is 1. The molecule has 1 aliphatic heterocycles. The monoisotopic (exact) mass is 361 g/mol. The number of ketones is 1. The van der Waals surface area contributed by atoms with Crippen LogP contribution in [0.2, 0.25) is 0 Å². The molecule has 4 nitrogen and oxygen atoms in total. The molecule has 1 aromatic carbocycles. The summed E-state index contributed by atoms with van der Waals surface area (Å²) in [6.45, 7) is 4.57. The first kappa shape index (κ1) is 18.5. The van der Waals surface area contributed by atoms with Gasteiger partial charge in [0.15, 0.2) is 5.78 Å². The lowest BCUT2D eigenvalue weighted by Crippen LogP contribution is -2.58. The average molecular weight is 362 g/mol. The zero-order valence-electron chi connectivity index (χ0n) is 15.0. The topological polar surface area (TPSA) is 55.4 Å². The van der Waals surface area contributed by atoms with Gasteiger partial charge >= 0.3 is 0 Å². The number of hydrogen-bond donors (Lipinski definition) is 1. The molecule has 5 heteroatoms. The number of hydrogen-bond acceptors (Lipinski definition) is 4. The van der Waals surface area contributed by atoms with Crippen molar-refractivity contribution in [3.63, 3.8) is 0 Å². The van der Waals surface area contributed by atoms with Crippen LogP contribution in [-0.4, -0.2) is 34.3 Å². The van der Waals surface area contributed by atoms with Crippen LogP contribution < -0.4 is 5.32 Å². The highest BCUT2D eigenvalue weighted by atomic mass is 32.2. The predicted octanol–water partition coefficient (Wildman–Crippen LogP) is 3.34. The maximum Gasteiger partial charge on any atom is 0.249 e. The lowest BCUT2D eigenvalue weighted by molar-refractivity contribution is -0.139. The van der Waals surface area contributed by atoms with Gasteiger partial charge in [-0.3, -0.25) is 9.59 Å². The third kappa shape index (κ3) is 4.09. The summed E-state index contributed by atoms with van der Waals surface area (Å²) in [5.41, 5.74) is 0.404. The summed E-state index contributed by atoms with van der Waals surface area (Å²) in [7, 11) is 0. The molecule has 1 saturated heterocycles. The molecular weight excluding hydrogens is 334 g/mol. The van der Waals surface area contributed by atoms with Gasteiger partial charge in [0.05, 0.1) is 12.4 Å². The lowest BCUT2D eigenvalue weighted by Gasteiger charge is -2.31. The van der Waals surface area contributed by atoms with Crippen LogP contribution >= 0.6 is 11.8 Å². The lowest BCUT2D eigenvalue weighted by atomic mass is 9.92. The molecule has 0 radical (unpaired) electrons. The second-order valence-electron chi connectivity index (χ2n) is 7.49. The van der Waals surface area contributed by atoms with Gasteiger partial charge in [0.2, 0.25) is 5.91 Å². The number of carbonyl (C=O) groups excluding carboxylic acids is 2. The zero-order valence-corrected chi connectivity index (χ0v) is 15.8. The highest BCUT2D eigenvalue weighted by Crippen LogP contribution is 2.45. The molecule has 0 bridgehead atoms. The van der Waals surface area contributed by atoms with Crippen molar-refractivity contribution in [2.75, 3.05) is 5.75 Å². The molecule has 1 unspecified atom stereocenters. The van der Waals surface area contributed by atoms with E-state index in [-0.39, 0.29) is 16.9 Å². The molecule has 136 valence electrons. The number of Topliss-reactive ketones (excluding diaryl/α,β-unsaturated/α-hetero) is 1. The summed E-state index contributed by atoms with van der Waals surface area (Å²) in [4.78, 5) is 25.4. The van der Waals surface area contributed by atoms with Gasteiger partial charge < -0.3 is 10.1 Å². The van der Waals surface area contributed by atoms with Crippen molar-refractivity contribution in [1.29, 1.82) is 0 Å². The normalized spacial score (nSPS) is 26.7. The maximum atomic E-state index is 12.9. The van der Waals surface area contributed by atoms with Crippen LogP contribution in [0.15, 0.2) is 30.3 Å². The average Bonchev–Trinajstić information content (AvgIpc) is 3.12. The molecule has 1 N–H and O–H groups in total. The molecule has 1 aliphatic carbocycles. The van der Waals surface area contributed by atoms with Gasteiger partial charge in [-0.25, -0.2) is 0 Å². The molecule has 3 atom stereocenters. The summed E-state index contributed by atoms with van der Waals surface area (Å²) in [6.07, 6.45) is 2.91. The van der Waals surface area contributed by atoms with Crippen LogP contribution in [0, 0.1) is 5.92 Å². The predicted molar refractivity (Wildman–Crippen MR) is 100 cm³/mol. The molecule has 1 aromatic rings. The van der Waals surface area contributed by atoms with Crippen molar-refractivity contribution >= 4 is 23.5 Å². The Morgan fingerprint density at radius 1 is 1.36 bits per heavy atom. The Balaban J connectivity index is 1.67. The smallest absolute Gasteiger partial charge is 0.249 e. The summed E-state index contributed by atoms with van der Waals surface area (Å²) in [6, 6.07) is 9.88. The minimum absolute atomic E-state index is 0.132. The number of carbonyl (C=O) groups is 2. The van der Waals surface area contributed by atoms with Crippen molar-refractivity contribution in [3.8, 4) is 0 Å². The fourth-order valence-electron chi connectivity index (χ4n) is 3.79. The Bertz CT molecular complexity index is 619. The van der Waals surface area contributed by atoms with Crippen LogP contribution in [0.5, 0.6) is 0 Å². The molecule has 0 aromatic heterocycles. The fraction of sp³-hybridized carbons (Fsp3) is 0.600. The molecule has 25 heavy (non-hydrogen) atoms. The summed E-state index contributed by atoms with van der Waals surface area (Å²) >= 11 is 1.69. The van der Waals surface area contributed by atoms with Crippen molar-refractivity contribution in [2.24, 2.45) is 5.92 Å². The van der Waals surface area contributed by atoms with E-state index in [1.807, 2.05) is 30.3 Å². The van der Waals surface area contributed by atoms with Crippen LogP contribution in [0.3, 0.4) is 0 Å². The quantitative estimate of drug-likeness (QED) is 0.809. The zero-order chi connectivity index (χ0) is 17.9. The SMILES string of the molecule is CC(C)CC(OCc1ccccc1)C(=O)N[C@]12CCC[C@H]1SCC2=O. The van der Waals surface area contributed by atoms with Crippen LogP contribution in [0.25, 0.3) is 0 Å². The first-order valence-corrected chi connectivity index (χ1v) is 10.2. The van der Waals surface area contributed by atoms with Crippen LogP contribution in [-0.2, 0) is 20.9 Å². The second-order valence-corrected chi connectivity index (χ2v) is 8.68. The van der Waals surface area contributed by atoms with Gasteiger partial charge in [0.1, 0.15) is 11.6 Å². The minimum Gasteiger partial charge on any atom is -0.364 e. The standard InChI is InChI=1S/C20H27NO3S/c1-14(2)11-16(24-12-15-7-4-3-5-8-15)19(23)21-20-10-6-9-18(20)25-13-17(20)22/h3-5,7-8,14,16,18H,6,9-13H2,1-2H3,(H,21,23)/t16?,18-,20+/m1/s1. The van der Waals surface area contributed by atoms with Gasteiger partial charge in [0, 0.05) is 5.25 Å². The van der Waals surface area contributed by atoms with E-state index in [1.165, 1.54) is 0 Å². The first-order chi connectivity index (χ1) is 12.0. The third-order valence-corrected chi connectivity index (χ3v) is 6.59. The first-order valence-electron chi connectivity index (χ1n) is 9.14. The van der Waals surface area contributed by atoms with Crippen molar-refractivity contribution < 1.29 is 14.3 Å². The molecule has 0 spiro atoms. The minimum atomic E-state index is -0.646. The Morgan fingerprint density at radius 3 is 2.84 bits per heavy atom. The Kier molecular flexibility index (Phi) is 5.85. The van der Waals surface area contributed by atoms with Gasteiger partial charge in [-0.05, 0) is 37.2 Å². The Labute approximate surface area is 154 Å². The van der Waals surface area contributed by atoms with E-state index in [1.54, 1.807) is 11.8 Å². The molecule has 2 fully saturated rings. The van der Waals surface area contributed by atoms with Crippen LogP contribution in [0.4, 0.5) is 0 Å². The second kappa shape index (κ2) is 7.92. The summed E-state index contributed by atoms with van der Waals surface area (Å²) < 4.78 is 5.96. The number of ether oxygens (including phenoxy) is 1. The van der Waals surface area contributed by atoms with E-state index >= 15 is 0 Å². The maximum absolute atomic E-state index is 12.9. The summed E-state index contributed by atoms with van der Waals surface area (Å²) in [5.74, 6) is 0.911. The van der Waals surface area contributed by atoms with E-state index in [0.29, 0.717) is 24.7 Å². The highest BCUT2D eigenvalue weighted by molar-refractivity contribution is 8.01. The molecule has 1 saturated carbocycles. The number of amides is 1. The molecular formula is C20H27NO3S. The van der Waals surface area contributed by atoms with Gasteiger partial charge in [-0.2, -0.15) is 0 Å². The van der Waals surface area contributed by atoms with E-state index in [9.17, 15) is 9.59 Å². The largest absolute Gasteiger partial charge is 0.364 e. The van der Waals surface area contributed by atoms with Gasteiger partial charge in [-0.1, -0.05) is 44.2 Å².